The molecule has 0 unspecified atom stereocenters. The number of aromatic hydroxyl groups is 1. The number of pyridine rings is 2. The van der Waals surface area contributed by atoms with E-state index in [1.54, 1.807) is 30.6 Å². The molecule has 0 radical (unpaired) electrons. The summed E-state index contributed by atoms with van der Waals surface area (Å²) >= 11 is 12.2. The van der Waals surface area contributed by atoms with Crippen LogP contribution in [-0.2, 0) is 0 Å². The molecule has 1 aromatic carbocycles. The van der Waals surface area contributed by atoms with Crippen molar-refractivity contribution in [2.24, 2.45) is 0 Å². The van der Waals surface area contributed by atoms with Gasteiger partial charge in [0.15, 0.2) is 0 Å². The summed E-state index contributed by atoms with van der Waals surface area (Å²) in [6.07, 6.45) is 3.27. The number of aromatic nitrogens is 2. The third-order valence-corrected chi connectivity index (χ3v) is 3.60. The van der Waals surface area contributed by atoms with Crippen LogP contribution < -0.4 is 0 Å². The van der Waals surface area contributed by atoms with Crippen molar-refractivity contribution >= 4 is 34.1 Å². The number of aryl methyl sites for hydroxylation is 1. The van der Waals surface area contributed by atoms with Crippen molar-refractivity contribution in [1.82, 2.24) is 9.97 Å². The van der Waals surface area contributed by atoms with Gasteiger partial charge in [-0.15, -0.1) is 0 Å². The minimum atomic E-state index is 0.159. The maximum Gasteiger partial charge on any atom is 0.128 e. The average Bonchev–Trinajstić information content (AvgIpc) is 2.38. The Morgan fingerprint density at radius 3 is 2.60 bits per heavy atom. The van der Waals surface area contributed by atoms with Crippen molar-refractivity contribution in [1.29, 1.82) is 0 Å². The molecule has 0 fully saturated rings. The molecule has 0 amide bonds. The van der Waals surface area contributed by atoms with Crippen LogP contribution in [0.15, 0.2) is 36.7 Å². The van der Waals surface area contributed by atoms with Gasteiger partial charge in [-0.3, -0.25) is 9.97 Å². The van der Waals surface area contributed by atoms with Gasteiger partial charge >= 0.3 is 0 Å². The van der Waals surface area contributed by atoms with Gasteiger partial charge in [-0.05, 0) is 19.1 Å². The van der Waals surface area contributed by atoms with E-state index in [1.165, 1.54) is 0 Å². The normalized spacial score (nSPS) is 10.9. The summed E-state index contributed by atoms with van der Waals surface area (Å²) < 4.78 is 0. The Balaban J connectivity index is 2.36. The molecule has 100 valence electrons. The van der Waals surface area contributed by atoms with Gasteiger partial charge in [0.25, 0.3) is 0 Å². The molecule has 2 aromatic heterocycles. The molecule has 0 spiro atoms. The SMILES string of the molecule is Cc1cc(O)c2cncc(-c3ccc(Cl)cc3Cl)c2n1. The second-order valence-electron chi connectivity index (χ2n) is 4.49. The van der Waals surface area contributed by atoms with Crippen LogP contribution in [0.25, 0.3) is 22.0 Å². The number of rotatable bonds is 1. The molecular weight excluding hydrogens is 295 g/mol. The summed E-state index contributed by atoms with van der Waals surface area (Å²) in [5.41, 5.74) is 2.95. The van der Waals surface area contributed by atoms with Crippen LogP contribution in [-0.4, -0.2) is 15.1 Å². The highest BCUT2D eigenvalue weighted by atomic mass is 35.5. The predicted molar refractivity (Wildman–Crippen MR) is 81.4 cm³/mol. The average molecular weight is 305 g/mol. The lowest BCUT2D eigenvalue weighted by Crippen LogP contribution is -1.90. The highest BCUT2D eigenvalue weighted by Gasteiger charge is 2.12. The molecule has 0 aliphatic heterocycles. The quantitative estimate of drug-likeness (QED) is 0.713. The van der Waals surface area contributed by atoms with Crippen LogP contribution >= 0.6 is 23.2 Å². The van der Waals surface area contributed by atoms with Crippen molar-refractivity contribution in [2.75, 3.05) is 0 Å². The minimum absolute atomic E-state index is 0.159. The third kappa shape index (κ3) is 2.19. The first-order chi connectivity index (χ1) is 9.56. The molecule has 0 aliphatic rings. The second kappa shape index (κ2) is 4.93. The zero-order chi connectivity index (χ0) is 14.3. The first-order valence-corrected chi connectivity index (χ1v) is 6.71. The zero-order valence-electron chi connectivity index (χ0n) is 10.6. The van der Waals surface area contributed by atoms with Crippen LogP contribution in [0.4, 0.5) is 0 Å². The van der Waals surface area contributed by atoms with Crippen molar-refractivity contribution < 1.29 is 5.11 Å². The maximum absolute atomic E-state index is 10.0. The van der Waals surface area contributed by atoms with E-state index < -0.39 is 0 Å². The summed E-state index contributed by atoms with van der Waals surface area (Å²) in [4.78, 5) is 8.64. The third-order valence-electron chi connectivity index (χ3n) is 3.05. The van der Waals surface area contributed by atoms with Crippen LogP contribution in [0.5, 0.6) is 5.75 Å². The Hall–Kier alpha value is -1.84. The molecule has 1 N–H and O–H groups in total. The number of halogens is 2. The molecule has 0 saturated carbocycles. The van der Waals surface area contributed by atoms with Gasteiger partial charge in [-0.2, -0.15) is 0 Å². The van der Waals surface area contributed by atoms with E-state index in [-0.39, 0.29) is 5.75 Å². The van der Waals surface area contributed by atoms with Gasteiger partial charge in [0.2, 0.25) is 0 Å². The Kier molecular flexibility index (Phi) is 3.24. The van der Waals surface area contributed by atoms with Crippen molar-refractivity contribution in [2.45, 2.75) is 6.92 Å². The van der Waals surface area contributed by atoms with Crippen molar-refractivity contribution in [3.63, 3.8) is 0 Å². The standard InChI is InChI=1S/C15H10Cl2N2O/c1-8-4-14(20)12-7-18-6-11(15(12)19-8)10-3-2-9(16)5-13(10)17/h2-7H,1H3,(H,19,20). The summed E-state index contributed by atoms with van der Waals surface area (Å²) in [5, 5.41) is 11.7. The van der Waals surface area contributed by atoms with E-state index in [2.05, 4.69) is 9.97 Å². The van der Waals surface area contributed by atoms with Crippen LogP contribution in [0.2, 0.25) is 10.0 Å². The molecule has 3 nitrogen and oxygen atoms in total. The maximum atomic E-state index is 10.0. The van der Waals surface area contributed by atoms with E-state index in [9.17, 15) is 5.11 Å². The summed E-state index contributed by atoms with van der Waals surface area (Å²) in [6, 6.07) is 6.86. The second-order valence-corrected chi connectivity index (χ2v) is 5.33. The fourth-order valence-electron chi connectivity index (χ4n) is 2.15. The molecule has 0 aliphatic carbocycles. The Morgan fingerprint density at radius 1 is 1.05 bits per heavy atom. The smallest absolute Gasteiger partial charge is 0.128 e. The Bertz CT molecular complexity index is 818. The van der Waals surface area contributed by atoms with Crippen LogP contribution in [0.3, 0.4) is 0 Å². The van der Waals surface area contributed by atoms with E-state index in [1.807, 2.05) is 13.0 Å². The minimum Gasteiger partial charge on any atom is -0.507 e. The molecule has 3 rings (SSSR count). The highest BCUT2D eigenvalue weighted by Crippen LogP contribution is 2.35. The number of benzene rings is 1. The van der Waals surface area contributed by atoms with E-state index in [0.29, 0.717) is 20.9 Å². The fraction of sp³-hybridized carbons (Fsp3) is 0.0667. The highest BCUT2D eigenvalue weighted by molar-refractivity contribution is 6.36. The van der Waals surface area contributed by atoms with Gasteiger partial charge in [-0.25, -0.2) is 0 Å². The lowest BCUT2D eigenvalue weighted by molar-refractivity contribution is 0.480. The number of hydrogen-bond donors (Lipinski definition) is 1. The fourth-order valence-corrected chi connectivity index (χ4v) is 2.66. The Labute approximate surface area is 125 Å². The molecule has 0 saturated heterocycles. The first kappa shape index (κ1) is 13.2. The van der Waals surface area contributed by atoms with Gasteiger partial charge in [0.1, 0.15) is 5.75 Å². The van der Waals surface area contributed by atoms with E-state index in [0.717, 1.165) is 16.8 Å². The van der Waals surface area contributed by atoms with Gasteiger partial charge in [0, 0.05) is 40.3 Å². The predicted octanol–water partition coefficient (Wildman–Crippen LogP) is 4.62. The van der Waals surface area contributed by atoms with Gasteiger partial charge < -0.3 is 5.11 Å². The van der Waals surface area contributed by atoms with Crippen LogP contribution in [0.1, 0.15) is 5.69 Å². The zero-order valence-corrected chi connectivity index (χ0v) is 12.1. The van der Waals surface area contributed by atoms with Gasteiger partial charge in [0.05, 0.1) is 15.9 Å². The number of hydrogen-bond acceptors (Lipinski definition) is 3. The van der Waals surface area contributed by atoms with E-state index >= 15 is 0 Å². The molecule has 20 heavy (non-hydrogen) atoms. The number of nitrogens with zero attached hydrogens (tertiary/aromatic N) is 2. The molecule has 2 heterocycles. The van der Waals surface area contributed by atoms with Gasteiger partial charge in [-0.1, -0.05) is 29.3 Å². The molecular formula is C15H10Cl2N2O. The monoisotopic (exact) mass is 304 g/mol. The van der Waals surface area contributed by atoms with E-state index in [4.69, 9.17) is 23.2 Å². The molecule has 0 bridgehead atoms. The first-order valence-electron chi connectivity index (χ1n) is 5.96. The Morgan fingerprint density at radius 2 is 1.85 bits per heavy atom. The summed E-state index contributed by atoms with van der Waals surface area (Å²) in [6.45, 7) is 1.83. The van der Waals surface area contributed by atoms with Crippen LogP contribution in [0, 0.1) is 6.92 Å². The largest absolute Gasteiger partial charge is 0.507 e. The lowest BCUT2D eigenvalue weighted by atomic mass is 10.0. The van der Waals surface area contributed by atoms with Crippen molar-refractivity contribution in [3.8, 4) is 16.9 Å². The topological polar surface area (TPSA) is 46.0 Å². The number of fused-ring (bicyclic) bond motifs is 1. The molecule has 5 heteroatoms. The summed E-state index contributed by atoms with van der Waals surface area (Å²) in [5.74, 6) is 0.159. The lowest BCUT2D eigenvalue weighted by Gasteiger charge is -2.09. The molecule has 3 aromatic rings. The molecule has 0 atom stereocenters. The van der Waals surface area contributed by atoms with Crippen molar-refractivity contribution in [3.05, 3.63) is 52.4 Å². The summed E-state index contributed by atoms with van der Waals surface area (Å²) in [7, 11) is 0.